The van der Waals surface area contributed by atoms with Crippen LogP contribution in [0, 0.1) is 0 Å². The predicted molar refractivity (Wildman–Crippen MR) is 325 cm³/mol. The Hall–Kier alpha value is -3.41. The number of unbranched alkanes of at least 4 members (excludes halogenated alkanes) is 33. The Morgan fingerprint density at radius 2 is 0.520 bits per heavy atom. The van der Waals surface area contributed by atoms with Gasteiger partial charge in [-0.05, 0) is 96.3 Å². The first-order valence-electron chi connectivity index (χ1n) is 32.1. The summed E-state index contributed by atoms with van der Waals surface area (Å²) in [5.41, 5.74) is 0. The molecule has 6 heteroatoms. The van der Waals surface area contributed by atoms with E-state index in [-0.39, 0.29) is 31.1 Å². The van der Waals surface area contributed by atoms with Gasteiger partial charge in [0.25, 0.3) is 0 Å². The zero-order valence-corrected chi connectivity index (χ0v) is 49.6. The average molecular weight is 1050 g/mol. The van der Waals surface area contributed by atoms with Crippen molar-refractivity contribution in [3.05, 3.63) is 85.1 Å². The third kappa shape index (κ3) is 61.3. The molecule has 6 nitrogen and oxygen atoms in total. The minimum Gasteiger partial charge on any atom is -0.462 e. The van der Waals surface area contributed by atoms with Crippen LogP contribution >= 0.6 is 0 Å². The number of allylic oxidation sites excluding steroid dienone is 14. The van der Waals surface area contributed by atoms with Crippen LogP contribution in [-0.4, -0.2) is 37.2 Å². The molecule has 0 aliphatic heterocycles. The van der Waals surface area contributed by atoms with E-state index in [2.05, 4.69) is 106 Å². The van der Waals surface area contributed by atoms with Gasteiger partial charge in [0.1, 0.15) is 13.2 Å². The highest BCUT2D eigenvalue weighted by Gasteiger charge is 2.19. The maximum atomic E-state index is 12.9. The van der Waals surface area contributed by atoms with Crippen molar-refractivity contribution in [3.8, 4) is 0 Å². The molecule has 0 rings (SSSR count). The molecule has 0 aliphatic rings. The van der Waals surface area contributed by atoms with Gasteiger partial charge in [0.05, 0.1) is 0 Å². The highest BCUT2D eigenvalue weighted by Crippen LogP contribution is 2.16. The van der Waals surface area contributed by atoms with Gasteiger partial charge in [0, 0.05) is 19.3 Å². The van der Waals surface area contributed by atoms with E-state index in [1.165, 1.54) is 173 Å². The largest absolute Gasteiger partial charge is 0.462 e. The van der Waals surface area contributed by atoms with Crippen LogP contribution in [0.1, 0.15) is 316 Å². The van der Waals surface area contributed by atoms with E-state index >= 15 is 0 Å². The molecule has 0 saturated heterocycles. The second-order valence-corrected chi connectivity index (χ2v) is 21.3. The lowest BCUT2D eigenvalue weighted by atomic mass is 10.0. The molecule has 0 N–H and O–H groups in total. The van der Waals surface area contributed by atoms with Crippen molar-refractivity contribution in [2.75, 3.05) is 13.2 Å². The van der Waals surface area contributed by atoms with Crippen LogP contribution in [-0.2, 0) is 28.6 Å². The molecule has 0 fully saturated rings. The fraction of sp³-hybridized carbons (Fsp3) is 0.754. The van der Waals surface area contributed by atoms with Crippen LogP contribution in [0.15, 0.2) is 85.1 Å². The molecule has 1 unspecified atom stereocenters. The van der Waals surface area contributed by atoms with Gasteiger partial charge in [-0.25, -0.2) is 0 Å². The van der Waals surface area contributed by atoms with Crippen molar-refractivity contribution in [1.29, 1.82) is 0 Å². The van der Waals surface area contributed by atoms with Crippen molar-refractivity contribution in [2.24, 2.45) is 0 Å². The molecule has 0 aliphatic carbocycles. The van der Waals surface area contributed by atoms with E-state index in [4.69, 9.17) is 14.2 Å². The number of ether oxygens (including phenoxy) is 3. The van der Waals surface area contributed by atoms with Crippen LogP contribution in [0.4, 0.5) is 0 Å². The van der Waals surface area contributed by atoms with Gasteiger partial charge in [0.2, 0.25) is 0 Å². The summed E-state index contributed by atoms with van der Waals surface area (Å²) in [4.78, 5) is 38.2. The first kappa shape index (κ1) is 71.6. The molecule has 432 valence electrons. The van der Waals surface area contributed by atoms with Crippen LogP contribution in [0.3, 0.4) is 0 Å². The first-order valence-corrected chi connectivity index (χ1v) is 32.1. The molecule has 0 amide bonds. The Balaban J connectivity index is 4.17. The quantitative estimate of drug-likeness (QED) is 0.0261. The highest BCUT2D eigenvalue weighted by atomic mass is 16.6. The Morgan fingerprint density at radius 1 is 0.280 bits per heavy atom. The maximum Gasteiger partial charge on any atom is 0.306 e. The Morgan fingerprint density at radius 3 is 0.827 bits per heavy atom. The topological polar surface area (TPSA) is 78.9 Å². The second kappa shape index (κ2) is 63.1. The number of hydrogen-bond donors (Lipinski definition) is 0. The Labute approximate surface area is 465 Å². The lowest BCUT2D eigenvalue weighted by molar-refractivity contribution is -0.167. The fourth-order valence-electron chi connectivity index (χ4n) is 9.09. The highest BCUT2D eigenvalue weighted by molar-refractivity contribution is 5.71. The molecule has 0 saturated carbocycles. The number of carbonyl (C=O) groups is 3. The van der Waals surface area contributed by atoms with Gasteiger partial charge >= 0.3 is 17.9 Å². The van der Waals surface area contributed by atoms with Gasteiger partial charge in [-0.15, -0.1) is 0 Å². The molecule has 0 bridgehead atoms. The van der Waals surface area contributed by atoms with Crippen molar-refractivity contribution < 1.29 is 28.6 Å². The van der Waals surface area contributed by atoms with Crippen molar-refractivity contribution in [2.45, 2.75) is 322 Å². The summed E-state index contributed by atoms with van der Waals surface area (Å²) < 4.78 is 16.9. The number of esters is 3. The van der Waals surface area contributed by atoms with Gasteiger partial charge in [0.15, 0.2) is 6.10 Å². The normalized spacial score (nSPS) is 12.6. The van der Waals surface area contributed by atoms with Gasteiger partial charge in [-0.3, -0.25) is 14.4 Å². The Kier molecular flexibility index (Phi) is 60.3. The summed E-state index contributed by atoms with van der Waals surface area (Å²) in [6.07, 6.45) is 83.1. The molecular weight excluding hydrogens is 925 g/mol. The molecule has 0 aromatic carbocycles. The predicted octanol–water partition coefficient (Wildman–Crippen LogP) is 21.9. The molecule has 1 atom stereocenters. The summed E-state index contributed by atoms with van der Waals surface area (Å²) in [6.45, 7) is 6.53. The number of rotatable bonds is 58. The maximum absolute atomic E-state index is 12.9. The molecule has 0 aromatic heterocycles. The average Bonchev–Trinajstić information content (AvgIpc) is 3.41. The van der Waals surface area contributed by atoms with E-state index in [0.717, 1.165) is 103 Å². The Bertz CT molecular complexity index is 1430. The number of hydrogen-bond acceptors (Lipinski definition) is 6. The number of carbonyl (C=O) groups excluding carboxylic acids is 3. The summed E-state index contributed by atoms with van der Waals surface area (Å²) in [5.74, 6) is -0.876. The lowest BCUT2D eigenvalue weighted by Gasteiger charge is -2.18. The smallest absolute Gasteiger partial charge is 0.306 e. The SMILES string of the molecule is CC/C=C\C/C=C\C/C=C\C/C=C\C/C=C\C/C=C\CCCCCCCCCCCCCCC(=O)OCC(COC(=O)CCCCCCCCCCCC)OC(=O)CCCCCCC/C=C\CCCCCCCCC. The van der Waals surface area contributed by atoms with E-state index in [1.807, 2.05) is 0 Å². The van der Waals surface area contributed by atoms with E-state index in [0.29, 0.717) is 19.3 Å². The molecule has 0 heterocycles. The summed E-state index contributed by atoms with van der Waals surface area (Å²) >= 11 is 0. The lowest BCUT2D eigenvalue weighted by Crippen LogP contribution is -2.30. The fourth-order valence-corrected chi connectivity index (χ4v) is 9.09. The van der Waals surface area contributed by atoms with E-state index in [1.54, 1.807) is 0 Å². The standard InChI is InChI=1S/C69H120O6/c1-4-7-10-13-16-19-22-24-26-28-29-30-31-32-33-34-35-36-37-38-39-40-41-42-44-45-47-50-53-56-59-62-68(71)74-65-66(64-73-67(70)61-58-55-52-49-21-18-15-12-9-6-3)75-69(72)63-60-57-54-51-48-46-43-27-25-23-20-17-14-11-8-5-2/h7,10,16,19,24,26-27,29-30,32-33,35-36,43,66H,4-6,8-9,11-15,17-18,20-23,25,28,31,34,37-42,44-65H2,1-3H3/b10-7-,19-16-,26-24-,30-29-,33-32-,36-35-,43-27-. The van der Waals surface area contributed by atoms with Crippen LogP contribution < -0.4 is 0 Å². The molecule has 0 radical (unpaired) electrons. The third-order valence-corrected chi connectivity index (χ3v) is 13.9. The summed E-state index contributed by atoms with van der Waals surface area (Å²) in [7, 11) is 0. The second-order valence-electron chi connectivity index (χ2n) is 21.3. The van der Waals surface area contributed by atoms with Gasteiger partial charge < -0.3 is 14.2 Å². The zero-order chi connectivity index (χ0) is 54.3. The minimum absolute atomic E-state index is 0.0762. The van der Waals surface area contributed by atoms with E-state index < -0.39 is 6.10 Å². The molecule has 0 spiro atoms. The van der Waals surface area contributed by atoms with Gasteiger partial charge in [-0.2, -0.15) is 0 Å². The zero-order valence-electron chi connectivity index (χ0n) is 49.6. The molecule has 75 heavy (non-hydrogen) atoms. The molecular formula is C69H120O6. The van der Waals surface area contributed by atoms with Crippen molar-refractivity contribution in [3.63, 3.8) is 0 Å². The first-order chi connectivity index (χ1) is 37.0. The monoisotopic (exact) mass is 1040 g/mol. The van der Waals surface area contributed by atoms with Crippen LogP contribution in [0.25, 0.3) is 0 Å². The summed E-state index contributed by atoms with van der Waals surface area (Å²) in [6, 6.07) is 0. The van der Waals surface area contributed by atoms with Crippen LogP contribution in [0.2, 0.25) is 0 Å². The molecule has 0 aromatic rings. The minimum atomic E-state index is -0.778. The van der Waals surface area contributed by atoms with Crippen LogP contribution in [0.5, 0.6) is 0 Å². The van der Waals surface area contributed by atoms with Crippen molar-refractivity contribution in [1.82, 2.24) is 0 Å². The van der Waals surface area contributed by atoms with E-state index in [9.17, 15) is 14.4 Å². The third-order valence-electron chi connectivity index (χ3n) is 13.9. The summed E-state index contributed by atoms with van der Waals surface area (Å²) in [5, 5.41) is 0. The van der Waals surface area contributed by atoms with Crippen molar-refractivity contribution >= 4 is 17.9 Å². The van der Waals surface area contributed by atoms with Gasteiger partial charge in [-0.1, -0.05) is 286 Å².